The van der Waals surface area contributed by atoms with Crippen LogP contribution in [0.3, 0.4) is 0 Å². The third-order valence-electron chi connectivity index (χ3n) is 3.50. The fourth-order valence-corrected chi connectivity index (χ4v) is 6.38. The molecule has 5 heteroatoms. The molecule has 0 aliphatic carbocycles. The molecule has 1 unspecified atom stereocenters. The smallest absolute Gasteiger partial charge is 0.160 e. The number of unbranched alkanes of at least 4 members (excludes halogenated alkanes) is 3. The van der Waals surface area contributed by atoms with Crippen molar-refractivity contribution in [3.05, 3.63) is 34.7 Å². The van der Waals surface area contributed by atoms with Crippen molar-refractivity contribution >= 4 is 29.4 Å². The maximum atomic E-state index is 13.6. The van der Waals surface area contributed by atoms with Gasteiger partial charge < -0.3 is 0 Å². The summed E-state index contributed by atoms with van der Waals surface area (Å²) in [5.41, 5.74) is -3.53. The summed E-state index contributed by atoms with van der Waals surface area (Å²) in [7, 11) is -3.03. The number of benzene rings is 1. The van der Waals surface area contributed by atoms with Crippen molar-refractivity contribution in [3.8, 4) is 0 Å². The lowest BCUT2D eigenvalue weighted by Crippen LogP contribution is -2.15. The molecule has 0 nitrogen and oxygen atoms in total. The van der Waals surface area contributed by atoms with Crippen LogP contribution < -0.4 is 0 Å². The molecule has 0 radical (unpaired) electrons. The molecule has 0 aromatic heterocycles. The Morgan fingerprint density at radius 2 is 1.80 bits per heavy atom. The summed E-state index contributed by atoms with van der Waals surface area (Å²) < 4.78 is 40.8. The molecule has 1 atom stereocenters. The summed E-state index contributed by atoms with van der Waals surface area (Å²) in [4.78, 5) is 0.917. The van der Waals surface area contributed by atoms with Crippen LogP contribution in [0.1, 0.15) is 44.6 Å². The Morgan fingerprint density at radius 1 is 1.10 bits per heavy atom. The van der Waals surface area contributed by atoms with E-state index in [1.165, 1.54) is 0 Å². The molecule has 1 aromatic carbocycles. The van der Waals surface area contributed by atoms with Gasteiger partial charge in [0.25, 0.3) is 0 Å². The highest BCUT2D eigenvalue weighted by Gasteiger charge is 2.54. The average Bonchev–Trinajstić information content (AvgIpc) is 2.69. The van der Waals surface area contributed by atoms with E-state index >= 15 is 0 Å². The van der Waals surface area contributed by atoms with Crippen molar-refractivity contribution in [2.75, 3.05) is 0 Å². The van der Waals surface area contributed by atoms with Crippen molar-refractivity contribution in [3.63, 3.8) is 0 Å². The number of fused-ring (bicyclic) bond motifs is 1. The first-order valence-electron chi connectivity index (χ1n) is 6.80. The molecule has 0 saturated carbocycles. The highest BCUT2D eigenvalue weighted by molar-refractivity contribution is 9.59. The molecule has 0 N–H and O–H groups in total. The fraction of sp³-hybridized carbons (Fsp3) is 0.467. The molecule has 2 rings (SSSR count). The molecule has 0 bridgehead atoms. The maximum absolute atomic E-state index is 13.6. The number of allylic oxidation sites excluding steroid dienone is 1. The van der Waals surface area contributed by atoms with Gasteiger partial charge in [0.1, 0.15) is 0 Å². The van der Waals surface area contributed by atoms with E-state index in [1.807, 2.05) is 0 Å². The zero-order valence-electron chi connectivity index (χ0n) is 11.3. The minimum absolute atomic E-state index is 0.401. The van der Waals surface area contributed by atoms with Crippen molar-refractivity contribution in [1.29, 1.82) is 0 Å². The van der Waals surface area contributed by atoms with Crippen LogP contribution in [0.4, 0.5) is 13.2 Å². The summed E-state index contributed by atoms with van der Waals surface area (Å²) in [6, 6.07) is 6.84. The Labute approximate surface area is 127 Å². The molecule has 0 saturated heterocycles. The maximum Gasteiger partial charge on any atom is 0.442 e. The molecule has 1 aliphatic heterocycles. The van der Waals surface area contributed by atoms with Gasteiger partial charge >= 0.3 is 5.51 Å². The first kappa shape index (κ1) is 16.0. The third kappa shape index (κ3) is 2.80. The molecular weight excluding hydrogens is 349 g/mol. The second kappa shape index (κ2) is 6.14. The molecule has 0 fully saturated rings. The second-order valence-electron chi connectivity index (χ2n) is 4.94. The highest BCUT2D eigenvalue weighted by atomic mass is 79.9. The van der Waals surface area contributed by atoms with Gasteiger partial charge in [0.05, 0.1) is 0 Å². The SMILES string of the molecule is CCCCCCC1=Cc2ccccc2S1(Br)C(F)(F)F. The van der Waals surface area contributed by atoms with Crippen LogP contribution in [0.2, 0.25) is 0 Å². The summed E-state index contributed by atoms with van der Waals surface area (Å²) in [6.45, 7) is 2.10. The molecule has 1 aromatic rings. The first-order valence-corrected chi connectivity index (χ1v) is 10.3. The number of rotatable bonds is 5. The van der Waals surface area contributed by atoms with Crippen molar-refractivity contribution in [2.24, 2.45) is 0 Å². The van der Waals surface area contributed by atoms with Crippen LogP contribution in [0.5, 0.6) is 0 Å². The number of alkyl halides is 3. The summed E-state index contributed by atoms with van der Waals surface area (Å²) in [5.74, 6) is 0. The normalized spacial score (nSPS) is 24.9. The van der Waals surface area contributed by atoms with Gasteiger partial charge in [0.2, 0.25) is 0 Å². The van der Waals surface area contributed by atoms with E-state index in [-0.39, 0.29) is 0 Å². The van der Waals surface area contributed by atoms with Crippen LogP contribution in [-0.2, 0) is 0 Å². The molecule has 112 valence electrons. The Morgan fingerprint density at radius 3 is 2.45 bits per heavy atom. The number of hydrogen-bond acceptors (Lipinski definition) is 0. The van der Waals surface area contributed by atoms with Gasteiger partial charge in [0, 0.05) is 4.90 Å². The predicted molar refractivity (Wildman–Crippen MR) is 84.0 cm³/mol. The van der Waals surface area contributed by atoms with Gasteiger partial charge in [-0.25, -0.2) is 0 Å². The van der Waals surface area contributed by atoms with Gasteiger partial charge in [0.15, 0.2) is 0 Å². The zero-order chi connectivity index (χ0) is 14.8. The standard InChI is InChI=1S/C15H18BrF3S/c1-2-3-4-5-9-13-11-12-8-6-7-10-14(12)20(13,16)15(17,18)19/h6-8,10-11H,2-5,9H2,1H3. The summed E-state index contributed by atoms with van der Waals surface area (Å²) in [6.07, 6.45) is 6.24. The highest BCUT2D eigenvalue weighted by Crippen LogP contribution is 2.81. The largest absolute Gasteiger partial charge is 0.442 e. The van der Waals surface area contributed by atoms with Crippen LogP contribution in [0.25, 0.3) is 6.08 Å². The van der Waals surface area contributed by atoms with Crippen molar-refractivity contribution in [1.82, 2.24) is 0 Å². The molecular formula is C15H18BrF3S. The van der Waals surface area contributed by atoms with E-state index in [4.69, 9.17) is 0 Å². The molecule has 1 aliphatic rings. The van der Waals surface area contributed by atoms with E-state index in [0.29, 0.717) is 21.8 Å². The third-order valence-corrected chi connectivity index (χ3v) is 9.55. The Balaban J connectivity index is 2.27. The Kier molecular flexibility index (Phi) is 4.90. The van der Waals surface area contributed by atoms with E-state index in [9.17, 15) is 13.2 Å². The lowest BCUT2D eigenvalue weighted by atomic mass is 10.1. The quantitative estimate of drug-likeness (QED) is 0.491. The Bertz CT molecular complexity index is 510. The molecule has 1 heterocycles. The monoisotopic (exact) mass is 366 g/mol. The molecule has 20 heavy (non-hydrogen) atoms. The first-order chi connectivity index (χ1) is 9.41. The van der Waals surface area contributed by atoms with Crippen LogP contribution in [0.15, 0.2) is 34.1 Å². The van der Waals surface area contributed by atoms with Crippen molar-refractivity contribution in [2.45, 2.75) is 49.4 Å². The van der Waals surface area contributed by atoms with Gasteiger partial charge in [-0.2, -0.15) is 13.2 Å². The summed E-state index contributed by atoms with van der Waals surface area (Å²) >= 11 is 3.09. The minimum Gasteiger partial charge on any atom is -0.160 e. The van der Waals surface area contributed by atoms with Crippen LogP contribution in [0, 0.1) is 0 Å². The zero-order valence-corrected chi connectivity index (χ0v) is 13.7. The topological polar surface area (TPSA) is 0 Å². The Hall–Kier alpha value is -0.420. The molecule has 0 amide bonds. The minimum atomic E-state index is -4.24. The number of halogens is 4. The van der Waals surface area contributed by atoms with Crippen LogP contribution in [-0.4, -0.2) is 5.51 Å². The average molecular weight is 367 g/mol. The molecule has 0 spiro atoms. The van der Waals surface area contributed by atoms with Crippen molar-refractivity contribution < 1.29 is 13.2 Å². The van der Waals surface area contributed by atoms with Gasteiger partial charge in [-0.3, -0.25) is 0 Å². The lowest BCUT2D eigenvalue weighted by Gasteiger charge is -2.35. The summed E-state index contributed by atoms with van der Waals surface area (Å²) in [5, 5.41) is 0. The second-order valence-corrected chi connectivity index (χ2v) is 10.4. The van der Waals surface area contributed by atoms with Gasteiger partial charge in [-0.15, -0.1) is 0 Å². The van der Waals surface area contributed by atoms with E-state index in [2.05, 4.69) is 21.7 Å². The predicted octanol–water partition coefficient (Wildman–Crippen LogP) is 7.00. The van der Waals surface area contributed by atoms with Gasteiger partial charge in [-0.05, 0) is 58.7 Å². The van der Waals surface area contributed by atoms with Gasteiger partial charge in [-0.1, -0.05) is 44.4 Å². The van der Waals surface area contributed by atoms with Crippen LogP contribution >= 0.6 is 23.3 Å². The van der Waals surface area contributed by atoms with E-state index in [0.717, 1.165) is 25.7 Å². The lowest BCUT2D eigenvalue weighted by molar-refractivity contribution is -0.0355. The van der Waals surface area contributed by atoms with E-state index < -0.39 is 14.0 Å². The fourth-order valence-electron chi connectivity index (χ4n) is 2.46. The number of hydrogen-bond donors (Lipinski definition) is 0. The van der Waals surface area contributed by atoms with E-state index in [1.54, 1.807) is 30.3 Å².